The number of ether oxygens (including phenoxy) is 1. The van der Waals surface area contributed by atoms with Gasteiger partial charge in [0.25, 0.3) is 5.91 Å². The lowest BCUT2D eigenvalue weighted by molar-refractivity contribution is 0.0939. The van der Waals surface area contributed by atoms with Crippen LogP contribution in [0.1, 0.15) is 35.4 Å². The summed E-state index contributed by atoms with van der Waals surface area (Å²) in [4.78, 5) is 18.8. The molecule has 2 aliphatic rings. The highest BCUT2D eigenvalue weighted by molar-refractivity contribution is 5.92. The van der Waals surface area contributed by atoms with Crippen molar-refractivity contribution < 1.29 is 9.53 Å². The summed E-state index contributed by atoms with van der Waals surface area (Å²) in [7, 11) is 0. The molecule has 1 N–H and O–H groups in total. The SMILES string of the molecule is O=C(NCCN1CCCCC1)c1cc2n(n1)C[C@@H](Oc1cccnc1)C2. The Bertz CT molecular complexity index is 716. The first-order valence-corrected chi connectivity index (χ1v) is 9.42. The number of nitrogens with one attached hydrogen (secondary N) is 1. The van der Waals surface area contributed by atoms with Gasteiger partial charge >= 0.3 is 0 Å². The maximum Gasteiger partial charge on any atom is 0.271 e. The van der Waals surface area contributed by atoms with Gasteiger partial charge in [-0.3, -0.25) is 14.5 Å². The first-order chi connectivity index (χ1) is 12.8. The molecule has 0 aromatic carbocycles. The normalized spacial score (nSPS) is 19.9. The second kappa shape index (κ2) is 7.86. The molecule has 7 heteroatoms. The molecule has 0 radical (unpaired) electrons. The number of aromatic nitrogens is 3. The van der Waals surface area contributed by atoms with E-state index in [0.717, 1.165) is 37.5 Å². The second-order valence-electron chi connectivity index (χ2n) is 6.99. The lowest BCUT2D eigenvalue weighted by atomic mass is 10.1. The summed E-state index contributed by atoms with van der Waals surface area (Å²) in [5, 5.41) is 7.43. The first-order valence-electron chi connectivity index (χ1n) is 9.42. The highest BCUT2D eigenvalue weighted by Gasteiger charge is 2.26. The number of rotatable bonds is 6. The zero-order chi connectivity index (χ0) is 17.8. The molecule has 7 nitrogen and oxygen atoms in total. The van der Waals surface area contributed by atoms with Crippen molar-refractivity contribution in [3.05, 3.63) is 42.0 Å². The fraction of sp³-hybridized carbons (Fsp3) is 0.526. The Morgan fingerprint density at radius 3 is 2.96 bits per heavy atom. The van der Waals surface area contributed by atoms with Gasteiger partial charge in [0.15, 0.2) is 0 Å². The molecule has 0 spiro atoms. The van der Waals surface area contributed by atoms with Crippen molar-refractivity contribution in [3.63, 3.8) is 0 Å². The summed E-state index contributed by atoms with van der Waals surface area (Å²) in [6, 6.07) is 5.63. The molecule has 1 fully saturated rings. The standard InChI is InChI=1S/C19H25N5O2/c25-19(21-7-10-23-8-2-1-3-9-23)18-12-15-11-17(14-24(15)22-18)26-16-5-4-6-20-13-16/h4-6,12-13,17H,1-3,7-11,14H2,(H,21,25)/t17-/m0/s1. The van der Waals surface area contributed by atoms with Crippen LogP contribution in [0.5, 0.6) is 5.75 Å². The molecule has 1 amide bonds. The molecule has 2 aliphatic heterocycles. The smallest absolute Gasteiger partial charge is 0.271 e. The third kappa shape index (κ3) is 4.04. The van der Waals surface area contributed by atoms with Gasteiger partial charge in [-0.15, -0.1) is 0 Å². The fourth-order valence-corrected chi connectivity index (χ4v) is 3.67. The van der Waals surface area contributed by atoms with E-state index in [2.05, 4.69) is 20.3 Å². The van der Waals surface area contributed by atoms with E-state index in [1.54, 1.807) is 12.4 Å². The Morgan fingerprint density at radius 2 is 2.19 bits per heavy atom. The first kappa shape index (κ1) is 17.0. The summed E-state index contributed by atoms with van der Waals surface area (Å²) in [5.74, 6) is 0.674. The van der Waals surface area contributed by atoms with Crippen LogP contribution in [0.3, 0.4) is 0 Å². The highest BCUT2D eigenvalue weighted by Crippen LogP contribution is 2.21. The molecule has 4 heterocycles. The molecule has 0 unspecified atom stereocenters. The predicted molar refractivity (Wildman–Crippen MR) is 97.2 cm³/mol. The molecule has 4 rings (SSSR count). The maximum absolute atomic E-state index is 12.3. The van der Waals surface area contributed by atoms with Gasteiger partial charge in [0.05, 0.1) is 12.7 Å². The number of pyridine rings is 1. The van der Waals surface area contributed by atoms with E-state index in [9.17, 15) is 4.79 Å². The van der Waals surface area contributed by atoms with Crippen molar-refractivity contribution in [2.45, 2.75) is 38.3 Å². The molecule has 1 saturated heterocycles. The molecule has 0 aliphatic carbocycles. The van der Waals surface area contributed by atoms with Crippen LogP contribution < -0.4 is 10.1 Å². The Kier molecular flexibility index (Phi) is 5.15. The summed E-state index contributed by atoms with van der Waals surface area (Å²) >= 11 is 0. The average molecular weight is 355 g/mol. The van der Waals surface area contributed by atoms with Crippen molar-refractivity contribution in [3.8, 4) is 5.75 Å². The minimum atomic E-state index is -0.0892. The van der Waals surface area contributed by atoms with E-state index in [0.29, 0.717) is 18.8 Å². The van der Waals surface area contributed by atoms with Gasteiger partial charge in [0.1, 0.15) is 17.5 Å². The minimum absolute atomic E-state index is 0.0397. The zero-order valence-electron chi connectivity index (χ0n) is 14.9. The van der Waals surface area contributed by atoms with Crippen LogP contribution in [0.15, 0.2) is 30.6 Å². The number of hydrogen-bond donors (Lipinski definition) is 1. The quantitative estimate of drug-likeness (QED) is 0.850. The van der Waals surface area contributed by atoms with Gasteiger partial charge in [-0.2, -0.15) is 5.10 Å². The van der Waals surface area contributed by atoms with Gasteiger partial charge in [-0.1, -0.05) is 6.42 Å². The van der Waals surface area contributed by atoms with Crippen molar-refractivity contribution >= 4 is 5.91 Å². The van der Waals surface area contributed by atoms with Crippen LogP contribution in [0.25, 0.3) is 0 Å². The molecule has 2 aromatic rings. The van der Waals surface area contributed by atoms with Gasteiger partial charge < -0.3 is 15.0 Å². The monoisotopic (exact) mass is 355 g/mol. The predicted octanol–water partition coefficient (Wildman–Crippen LogP) is 1.50. The summed E-state index contributed by atoms with van der Waals surface area (Å²) in [6.45, 7) is 4.54. The minimum Gasteiger partial charge on any atom is -0.486 e. The van der Waals surface area contributed by atoms with Crippen LogP contribution in [0.2, 0.25) is 0 Å². The average Bonchev–Trinajstić information content (AvgIpc) is 3.22. The van der Waals surface area contributed by atoms with Crippen molar-refractivity contribution in [2.75, 3.05) is 26.2 Å². The zero-order valence-corrected chi connectivity index (χ0v) is 14.9. The Morgan fingerprint density at radius 1 is 1.31 bits per heavy atom. The van der Waals surface area contributed by atoms with E-state index in [-0.39, 0.29) is 12.0 Å². The van der Waals surface area contributed by atoms with E-state index in [4.69, 9.17) is 4.74 Å². The Hall–Kier alpha value is -2.41. The maximum atomic E-state index is 12.3. The largest absolute Gasteiger partial charge is 0.486 e. The van der Waals surface area contributed by atoms with Crippen LogP contribution in [-0.2, 0) is 13.0 Å². The number of carbonyl (C=O) groups is 1. The second-order valence-corrected chi connectivity index (χ2v) is 6.99. The fourth-order valence-electron chi connectivity index (χ4n) is 3.67. The number of carbonyl (C=O) groups excluding carboxylic acids is 1. The van der Waals surface area contributed by atoms with Crippen molar-refractivity contribution in [1.82, 2.24) is 25.0 Å². The molecule has 2 aromatic heterocycles. The number of hydrogen-bond acceptors (Lipinski definition) is 5. The summed E-state index contributed by atoms with van der Waals surface area (Å²) in [5.41, 5.74) is 1.54. The molecule has 1 atom stereocenters. The molecular weight excluding hydrogens is 330 g/mol. The van der Waals surface area contributed by atoms with E-state index < -0.39 is 0 Å². The van der Waals surface area contributed by atoms with Crippen LogP contribution in [-0.4, -0.2) is 57.9 Å². The van der Waals surface area contributed by atoms with Crippen LogP contribution >= 0.6 is 0 Å². The molecule has 0 bridgehead atoms. The molecule has 138 valence electrons. The Balaban J connectivity index is 1.25. The topological polar surface area (TPSA) is 72.3 Å². The number of amides is 1. The lowest BCUT2D eigenvalue weighted by Crippen LogP contribution is -2.37. The van der Waals surface area contributed by atoms with E-state index in [1.807, 2.05) is 22.9 Å². The van der Waals surface area contributed by atoms with E-state index in [1.165, 1.54) is 19.3 Å². The highest BCUT2D eigenvalue weighted by atomic mass is 16.5. The third-order valence-corrected chi connectivity index (χ3v) is 5.01. The molecule has 26 heavy (non-hydrogen) atoms. The van der Waals surface area contributed by atoms with Crippen molar-refractivity contribution in [1.29, 1.82) is 0 Å². The number of nitrogens with zero attached hydrogens (tertiary/aromatic N) is 4. The summed E-state index contributed by atoms with van der Waals surface area (Å²) in [6.07, 6.45) is 8.09. The number of fused-ring (bicyclic) bond motifs is 1. The van der Waals surface area contributed by atoms with Crippen LogP contribution in [0, 0.1) is 0 Å². The van der Waals surface area contributed by atoms with Gasteiger partial charge in [0.2, 0.25) is 0 Å². The Labute approximate surface area is 153 Å². The van der Waals surface area contributed by atoms with Gasteiger partial charge in [-0.05, 0) is 44.1 Å². The summed E-state index contributed by atoms with van der Waals surface area (Å²) < 4.78 is 7.79. The van der Waals surface area contributed by atoms with Crippen molar-refractivity contribution in [2.24, 2.45) is 0 Å². The van der Waals surface area contributed by atoms with Gasteiger partial charge in [0, 0.05) is 31.4 Å². The van der Waals surface area contributed by atoms with E-state index >= 15 is 0 Å². The third-order valence-electron chi connectivity index (χ3n) is 5.01. The number of likely N-dealkylation sites (tertiary alicyclic amines) is 1. The van der Waals surface area contributed by atoms with Crippen LogP contribution in [0.4, 0.5) is 0 Å². The van der Waals surface area contributed by atoms with Gasteiger partial charge in [-0.25, -0.2) is 0 Å². The lowest BCUT2D eigenvalue weighted by Gasteiger charge is -2.26. The number of piperidine rings is 1. The molecule has 0 saturated carbocycles. The molecular formula is C19H25N5O2.